The number of rotatable bonds is 8. The topological polar surface area (TPSA) is 66.8 Å². The molecule has 0 aliphatic rings. The maximum absolute atomic E-state index is 11.2. The molecule has 4 heteroatoms. The molecule has 2 N–H and O–H groups in total. The lowest BCUT2D eigenvalue weighted by Gasteiger charge is -2.22. The monoisotopic (exact) mass is 232 g/mol. The van der Waals surface area contributed by atoms with Crippen LogP contribution in [0.2, 0.25) is 0 Å². The first-order valence-electron chi connectivity index (χ1n) is 5.90. The molecule has 4 nitrogen and oxygen atoms in total. The summed E-state index contributed by atoms with van der Waals surface area (Å²) < 4.78 is 4.79. The molecular formula is C12H24O4. The normalized spacial score (nSPS) is 16.6. The molecule has 0 radical (unpaired) electrons. The van der Waals surface area contributed by atoms with E-state index in [1.807, 2.05) is 6.92 Å². The molecule has 96 valence electrons. The van der Waals surface area contributed by atoms with Crippen molar-refractivity contribution in [1.29, 1.82) is 0 Å². The Morgan fingerprint density at radius 2 is 2.12 bits per heavy atom. The Morgan fingerprint density at radius 1 is 1.50 bits per heavy atom. The number of esters is 1. The summed E-state index contributed by atoms with van der Waals surface area (Å²) in [6.07, 6.45) is 2.24. The predicted molar refractivity (Wildman–Crippen MR) is 62.0 cm³/mol. The number of hydrogen-bond donors (Lipinski definition) is 2. The summed E-state index contributed by atoms with van der Waals surface area (Å²) in [4.78, 5) is 11.2. The summed E-state index contributed by atoms with van der Waals surface area (Å²) >= 11 is 0. The highest BCUT2D eigenvalue weighted by molar-refractivity contribution is 5.70. The molecule has 0 fully saturated rings. The SMILES string of the molecule is CCOC(=O)CC(C)(O)CCCC(C)CO. The van der Waals surface area contributed by atoms with E-state index in [-0.39, 0.29) is 24.9 Å². The van der Waals surface area contributed by atoms with E-state index in [0.717, 1.165) is 12.8 Å². The third-order valence-corrected chi connectivity index (χ3v) is 2.55. The van der Waals surface area contributed by atoms with Gasteiger partial charge in [-0.05, 0) is 32.6 Å². The van der Waals surface area contributed by atoms with E-state index < -0.39 is 5.60 Å². The molecule has 0 aliphatic heterocycles. The molecule has 0 aromatic carbocycles. The highest BCUT2D eigenvalue weighted by atomic mass is 16.5. The number of carbonyl (C=O) groups is 1. The van der Waals surface area contributed by atoms with Crippen LogP contribution >= 0.6 is 0 Å². The van der Waals surface area contributed by atoms with Crippen LogP contribution in [0.15, 0.2) is 0 Å². The van der Waals surface area contributed by atoms with Gasteiger partial charge in [-0.15, -0.1) is 0 Å². The van der Waals surface area contributed by atoms with Crippen LogP contribution in [-0.4, -0.2) is 35.0 Å². The van der Waals surface area contributed by atoms with Gasteiger partial charge in [-0.25, -0.2) is 0 Å². The highest BCUT2D eigenvalue weighted by Crippen LogP contribution is 2.20. The first-order valence-corrected chi connectivity index (χ1v) is 5.90. The van der Waals surface area contributed by atoms with Crippen LogP contribution in [0.25, 0.3) is 0 Å². The summed E-state index contributed by atoms with van der Waals surface area (Å²) in [5.41, 5.74) is -0.999. The Labute approximate surface area is 97.6 Å². The van der Waals surface area contributed by atoms with E-state index in [9.17, 15) is 9.90 Å². The van der Waals surface area contributed by atoms with E-state index in [0.29, 0.717) is 13.0 Å². The Bertz CT molecular complexity index is 201. The Balaban J connectivity index is 3.81. The lowest BCUT2D eigenvalue weighted by atomic mass is 9.93. The molecule has 2 unspecified atom stereocenters. The van der Waals surface area contributed by atoms with Gasteiger partial charge in [0, 0.05) is 6.61 Å². The zero-order valence-electron chi connectivity index (χ0n) is 10.5. The minimum absolute atomic E-state index is 0.0361. The zero-order chi connectivity index (χ0) is 12.6. The molecule has 0 aromatic rings. The molecule has 2 atom stereocenters. The smallest absolute Gasteiger partial charge is 0.308 e. The predicted octanol–water partition coefficient (Wildman–Crippen LogP) is 1.49. The third kappa shape index (κ3) is 7.65. The van der Waals surface area contributed by atoms with E-state index in [1.54, 1.807) is 13.8 Å². The van der Waals surface area contributed by atoms with Crippen molar-refractivity contribution in [2.45, 2.75) is 52.1 Å². The second kappa shape index (κ2) is 7.63. The van der Waals surface area contributed by atoms with Crippen LogP contribution in [-0.2, 0) is 9.53 Å². The van der Waals surface area contributed by atoms with E-state index in [2.05, 4.69) is 0 Å². The van der Waals surface area contributed by atoms with Crippen LogP contribution in [0.1, 0.15) is 46.5 Å². The molecule has 0 aromatic heterocycles. The summed E-state index contributed by atoms with van der Waals surface area (Å²) in [6, 6.07) is 0. The van der Waals surface area contributed by atoms with Crippen molar-refractivity contribution in [2.75, 3.05) is 13.2 Å². The average Bonchev–Trinajstić information content (AvgIpc) is 2.16. The maximum Gasteiger partial charge on any atom is 0.308 e. The van der Waals surface area contributed by atoms with Crippen LogP contribution in [0, 0.1) is 5.92 Å². The minimum atomic E-state index is -0.999. The van der Waals surface area contributed by atoms with Gasteiger partial charge < -0.3 is 14.9 Å². The average molecular weight is 232 g/mol. The largest absolute Gasteiger partial charge is 0.466 e. The van der Waals surface area contributed by atoms with Crippen molar-refractivity contribution in [3.05, 3.63) is 0 Å². The molecule has 0 spiro atoms. The Hall–Kier alpha value is -0.610. The van der Waals surface area contributed by atoms with Crippen molar-refractivity contribution in [3.63, 3.8) is 0 Å². The molecule has 0 aliphatic carbocycles. The molecule has 0 heterocycles. The van der Waals surface area contributed by atoms with E-state index >= 15 is 0 Å². The van der Waals surface area contributed by atoms with Crippen LogP contribution < -0.4 is 0 Å². The van der Waals surface area contributed by atoms with Gasteiger partial charge in [0.25, 0.3) is 0 Å². The van der Waals surface area contributed by atoms with Crippen LogP contribution in [0.5, 0.6) is 0 Å². The van der Waals surface area contributed by atoms with Crippen molar-refractivity contribution in [3.8, 4) is 0 Å². The summed E-state index contributed by atoms with van der Waals surface area (Å²) in [5.74, 6) is -0.110. The summed E-state index contributed by atoms with van der Waals surface area (Å²) in [6.45, 7) is 5.86. The fraction of sp³-hybridized carbons (Fsp3) is 0.917. The highest BCUT2D eigenvalue weighted by Gasteiger charge is 2.24. The van der Waals surface area contributed by atoms with Crippen molar-refractivity contribution in [1.82, 2.24) is 0 Å². The molecule has 0 saturated heterocycles. The quantitative estimate of drug-likeness (QED) is 0.622. The molecule has 0 saturated carbocycles. The second-order valence-corrected chi connectivity index (χ2v) is 4.66. The minimum Gasteiger partial charge on any atom is -0.466 e. The van der Waals surface area contributed by atoms with Gasteiger partial charge in [-0.1, -0.05) is 13.3 Å². The molecule has 0 bridgehead atoms. The van der Waals surface area contributed by atoms with Crippen molar-refractivity contribution < 1.29 is 19.7 Å². The second-order valence-electron chi connectivity index (χ2n) is 4.66. The van der Waals surface area contributed by atoms with E-state index in [1.165, 1.54) is 0 Å². The van der Waals surface area contributed by atoms with Gasteiger partial charge in [-0.2, -0.15) is 0 Å². The van der Waals surface area contributed by atoms with Gasteiger partial charge in [-0.3, -0.25) is 4.79 Å². The fourth-order valence-corrected chi connectivity index (χ4v) is 1.53. The standard InChI is InChI=1S/C12H24O4/c1-4-16-11(14)8-12(3,15)7-5-6-10(2)9-13/h10,13,15H,4-9H2,1-3H3. The summed E-state index contributed by atoms with van der Waals surface area (Å²) in [7, 11) is 0. The Kier molecular flexibility index (Phi) is 7.34. The lowest BCUT2D eigenvalue weighted by Crippen LogP contribution is -2.29. The lowest BCUT2D eigenvalue weighted by molar-refractivity contribution is -0.148. The van der Waals surface area contributed by atoms with Gasteiger partial charge in [0.2, 0.25) is 0 Å². The van der Waals surface area contributed by atoms with Crippen LogP contribution in [0.4, 0.5) is 0 Å². The van der Waals surface area contributed by atoms with Gasteiger partial charge in [0.1, 0.15) is 0 Å². The number of ether oxygens (including phenoxy) is 1. The summed E-state index contributed by atoms with van der Waals surface area (Å²) in [5, 5.41) is 18.8. The zero-order valence-corrected chi connectivity index (χ0v) is 10.5. The van der Waals surface area contributed by atoms with Crippen molar-refractivity contribution >= 4 is 5.97 Å². The molecule has 16 heavy (non-hydrogen) atoms. The fourth-order valence-electron chi connectivity index (χ4n) is 1.53. The molecular weight excluding hydrogens is 208 g/mol. The van der Waals surface area contributed by atoms with Crippen molar-refractivity contribution in [2.24, 2.45) is 5.92 Å². The number of aliphatic hydroxyl groups is 2. The first kappa shape index (κ1) is 15.4. The molecule has 0 rings (SSSR count). The van der Waals surface area contributed by atoms with Gasteiger partial charge >= 0.3 is 5.97 Å². The molecule has 0 amide bonds. The van der Waals surface area contributed by atoms with E-state index in [4.69, 9.17) is 9.84 Å². The number of aliphatic hydroxyl groups excluding tert-OH is 1. The maximum atomic E-state index is 11.2. The number of carbonyl (C=O) groups excluding carboxylic acids is 1. The Morgan fingerprint density at radius 3 is 2.62 bits per heavy atom. The van der Waals surface area contributed by atoms with Gasteiger partial charge in [0.15, 0.2) is 0 Å². The van der Waals surface area contributed by atoms with Crippen LogP contribution in [0.3, 0.4) is 0 Å². The first-order chi connectivity index (χ1) is 7.41. The van der Waals surface area contributed by atoms with Gasteiger partial charge in [0.05, 0.1) is 18.6 Å². The third-order valence-electron chi connectivity index (χ3n) is 2.55. The number of hydrogen-bond acceptors (Lipinski definition) is 4.